The average molecular weight is 343 g/mol. The van der Waals surface area contributed by atoms with Crippen LogP contribution in [-0.4, -0.2) is 36.0 Å². The molecule has 1 fully saturated rings. The summed E-state index contributed by atoms with van der Waals surface area (Å²) >= 11 is 0. The van der Waals surface area contributed by atoms with Crippen LogP contribution < -0.4 is 14.2 Å². The number of carbonyl (C=O) groups excluding carboxylic acids is 3. The second kappa shape index (κ2) is 6.23. The van der Waals surface area contributed by atoms with E-state index in [1.54, 1.807) is 18.2 Å². The second-order valence-corrected chi connectivity index (χ2v) is 6.22. The van der Waals surface area contributed by atoms with Gasteiger partial charge in [-0.25, -0.2) is 0 Å². The molecule has 2 aliphatic heterocycles. The third-order valence-electron chi connectivity index (χ3n) is 4.71. The Labute approximate surface area is 144 Å². The van der Waals surface area contributed by atoms with Crippen molar-refractivity contribution in [3.63, 3.8) is 0 Å². The first-order valence-corrected chi connectivity index (χ1v) is 8.24. The van der Waals surface area contributed by atoms with Gasteiger partial charge in [-0.15, -0.1) is 0 Å². The van der Waals surface area contributed by atoms with Crippen molar-refractivity contribution < 1.29 is 28.6 Å². The molecule has 0 unspecified atom stereocenters. The molecule has 1 aromatic rings. The van der Waals surface area contributed by atoms with E-state index in [9.17, 15) is 14.4 Å². The third kappa shape index (κ3) is 2.86. The average Bonchev–Trinajstić information content (AvgIpc) is 3.17. The minimum Gasteiger partial charge on any atom is -0.454 e. The minimum atomic E-state index is -0.507. The zero-order chi connectivity index (χ0) is 17.4. The van der Waals surface area contributed by atoms with Crippen molar-refractivity contribution in [2.45, 2.75) is 19.3 Å². The van der Waals surface area contributed by atoms with Crippen molar-refractivity contribution >= 4 is 17.8 Å². The summed E-state index contributed by atoms with van der Waals surface area (Å²) in [5, 5.41) is 0. The molecule has 25 heavy (non-hydrogen) atoms. The number of esters is 1. The Bertz CT molecular complexity index is 745. The van der Waals surface area contributed by atoms with Gasteiger partial charge in [0.15, 0.2) is 11.5 Å². The number of hydrogen-bond acceptors (Lipinski definition) is 6. The standard InChI is InChI=1S/C18H17NO6/c20-16(25-11-5-6-14-15(9-11)24-10-23-14)7-8-19-17(21)12-3-1-2-4-13(12)18(19)22/h1-2,5-6,9,12-13H,3-4,7-8,10H2/t12-,13-/m0/s1. The summed E-state index contributed by atoms with van der Waals surface area (Å²) < 4.78 is 15.7. The molecule has 1 aliphatic carbocycles. The van der Waals surface area contributed by atoms with Crippen LogP contribution in [0.5, 0.6) is 17.2 Å². The molecule has 0 aromatic heterocycles. The molecule has 4 rings (SSSR count). The number of hydrogen-bond donors (Lipinski definition) is 0. The fourth-order valence-corrected chi connectivity index (χ4v) is 3.42. The highest BCUT2D eigenvalue weighted by atomic mass is 16.7. The van der Waals surface area contributed by atoms with E-state index in [1.807, 2.05) is 12.2 Å². The summed E-state index contributed by atoms with van der Waals surface area (Å²) in [5.74, 6) is 0.0323. The summed E-state index contributed by atoms with van der Waals surface area (Å²) in [6, 6.07) is 4.85. The number of carbonyl (C=O) groups is 3. The van der Waals surface area contributed by atoms with Gasteiger partial charge in [-0.1, -0.05) is 12.2 Å². The summed E-state index contributed by atoms with van der Waals surface area (Å²) in [4.78, 5) is 37.9. The number of allylic oxidation sites excluding steroid dienone is 2. The lowest BCUT2D eigenvalue weighted by Gasteiger charge is -2.14. The lowest BCUT2D eigenvalue weighted by atomic mass is 9.85. The highest BCUT2D eigenvalue weighted by molar-refractivity contribution is 6.05. The van der Waals surface area contributed by atoms with Crippen LogP contribution in [0.4, 0.5) is 0 Å². The van der Waals surface area contributed by atoms with Crippen LogP contribution in [0.2, 0.25) is 0 Å². The smallest absolute Gasteiger partial charge is 0.313 e. The maximum absolute atomic E-state index is 12.3. The van der Waals surface area contributed by atoms with E-state index in [0.29, 0.717) is 30.1 Å². The summed E-state index contributed by atoms with van der Waals surface area (Å²) in [6.45, 7) is 0.192. The van der Waals surface area contributed by atoms with Crippen LogP contribution in [0.15, 0.2) is 30.4 Å². The molecular formula is C18H17NO6. The predicted octanol–water partition coefficient (Wildman–Crippen LogP) is 1.66. The first kappa shape index (κ1) is 15.7. The molecule has 2 amide bonds. The zero-order valence-corrected chi connectivity index (χ0v) is 13.5. The van der Waals surface area contributed by atoms with Crippen molar-refractivity contribution in [1.29, 1.82) is 0 Å². The monoisotopic (exact) mass is 343 g/mol. The molecular weight excluding hydrogens is 326 g/mol. The van der Waals surface area contributed by atoms with Crippen LogP contribution in [-0.2, 0) is 14.4 Å². The molecule has 1 saturated heterocycles. The number of benzene rings is 1. The molecule has 2 heterocycles. The number of fused-ring (bicyclic) bond motifs is 2. The van der Waals surface area contributed by atoms with Gasteiger partial charge in [0, 0.05) is 12.6 Å². The van der Waals surface area contributed by atoms with Gasteiger partial charge in [0.05, 0.1) is 18.3 Å². The number of nitrogens with zero attached hydrogens (tertiary/aromatic N) is 1. The molecule has 0 N–H and O–H groups in total. The molecule has 7 nitrogen and oxygen atoms in total. The van der Waals surface area contributed by atoms with Crippen LogP contribution in [0.3, 0.4) is 0 Å². The largest absolute Gasteiger partial charge is 0.454 e. The van der Waals surface area contributed by atoms with Gasteiger partial charge in [-0.05, 0) is 25.0 Å². The van der Waals surface area contributed by atoms with Crippen LogP contribution in [0.25, 0.3) is 0 Å². The Morgan fingerprint density at radius 2 is 1.76 bits per heavy atom. The van der Waals surface area contributed by atoms with E-state index >= 15 is 0 Å². The highest BCUT2D eigenvalue weighted by Crippen LogP contribution is 2.36. The van der Waals surface area contributed by atoms with Gasteiger partial charge in [-0.3, -0.25) is 19.3 Å². The van der Waals surface area contributed by atoms with Crippen LogP contribution >= 0.6 is 0 Å². The SMILES string of the molecule is O=C(CCN1C(=O)[C@H]2CC=CC[C@@H]2C1=O)Oc1ccc2c(c1)OCO2. The van der Waals surface area contributed by atoms with E-state index in [2.05, 4.69) is 0 Å². The molecule has 0 spiro atoms. The number of imide groups is 1. The first-order valence-electron chi connectivity index (χ1n) is 8.24. The first-order chi connectivity index (χ1) is 12.1. The fraction of sp³-hybridized carbons (Fsp3) is 0.389. The van der Waals surface area contributed by atoms with Gasteiger partial charge < -0.3 is 14.2 Å². The van der Waals surface area contributed by atoms with Gasteiger partial charge in [0.2, 0.25) is 18.6 Å². The molecule has 7 heteroatoms. The van der Waals surface area contributed by atoms with Gasteiger partial charge in [-0.2, -0.15) is 0 Å². The number of likely N-dealkylation sites (tertiary alicyclic amines) is 1. The highest BCUT2D eigenvalue weighted by Gasteiger charge is 2.46. The Hall–Kier alpha value is -2.83. The van der Waals surface area contributed by atoms with E-state index in [0.717, 1.165) is 0 Å². The van der Waals surface area contributed by atoms with Gasteiger partial charge in [0.25, 0.3) is 0 Å². The zero-order valence-electron chi connectivity index (χ0n) is 13.5. The van der Waals surface area contributed by atoms with Crippen molar-refractivity contribution in [1.82, 2.24) is 4.90 Å². The normalized spacial score (nSPS) is 23.8. The third-order valence-corrected chi connectivity index (χ3v) is 4.71. The van der Waals surface area contributed by atoms with Crippen LogP contribution in [0.1, 0.15) is 19.3 Å². The summed E-state index contributed by atoms with van der Waals surface area (Å²) in [6.07, 6.45) is 5.01. The maximum atomic E-state index is 12.3. The quantitative estimate of drug-likeness (QED) is 0.358. The Balaban J connectivity index is 1.34. The molecule has 3 aliphatic rings. The molecule has 0 radical (unpaired) electrons. The molecule has 0 bridgehead atoms. The molecule has 2 atom stereocenters. The van der Waals surface area contributed by atoms with Crippen molar-refractivity contribution in [3.8, 4) is 17.2 Å². The van der Waals surface area contributed by atoms with E-state index in [-0.39, 0.29) is 43.4 Å². The number of amides is 2. The molecule has 0 saturated carbocycles. The molecule has 130 valence electrons. The summed E-state index contributed by atoms with van der Waals surface area (Å²) in [7, 11) is 0. The van der Waals surface area contributed by atoms with Gasteiger partial charge >= 0.3 is 5.97 Å². The summed E-state index contributed by atoms with van der Waals surface area (Å²) in [5.41, 5.74) is 0. The van der Waals surface area contributed by atoms with E-state index in [1.165, 1.54) is 4.90 Å². The Kier molecular flexibility index (Phi) is 3.91. The minimum absolute atomic E-state index is 0.0429. The lowest BCUT2D eigenvalue weighted by molar-refractivity contribution is -0.141. The lowest BCUT2D eigenvalue weighted by Crippen LogP contribution is -2.33. The number of ether oxygens (including phenoxy) is 3. The van der Waals surface area contributed by atoms with Crippen molar-refractivity contribution in [2.75, 3.05) is 13.3 Å². The van der Waals surface area contributed by atoms with Crippen molar-refractivity contribution in [2.24, 2.45) is 11.8 Å². The maximum Gasteiger partial charge on any atom is 0.313 e. The van der Waals surface area contributed by atoms with Gasteiger partial charge in [0.1, 0.15) is 5.75 Å². The Morgan fingerprint density at radius 1 is 1.08 bits per heavy atom. The topological polar surface area (TPSA) is 82.1 Å². The fourth-order valence-electron chi connectivity index (χ4n) is 3.42. The molecule has 1 aromatic carbocycles. The Morgan fingerprint density at radius 3 is 2.48 bits per heavy atom. The predicted molar refractivity (Wildman–Crippen MR) is 84.9 cm³/mol. The van der Waals surface area contributed by atoms with E-state index in [4.69, 9.17) is 14.2 Å². The van der Waals surface area contributed by atoms with Crippen molar-refractivity contribution in [3.05, 3.63) is 30.4 Å². The van der Waals surface area contributed by atoms with Crippen LogP contribution in [0, 0.1) is 11.8 Å². The number of rotatable bonds is 4. The second-order valence-electron chi connectivity index (χ2n) is 6.22. The van der Waals surface area contributed by atoms with E-state index < -0.39 is 5.97 Å².